The highest BCUT2D eigenvalue weighted by Gasteiger charge is 2.50. The van der Waals surface area contributed by atoms with E-state index in [4.69, 9.17) is 0 Å². The summed E-state index contributed by atoms with van der Waals surface area (Å²) in [5, 5.41) is 3.18. The van der Waals surface area contributed by atoms with Gasteiger partial charge in [-0.2, -0.15) is 0 Å². The minimum atomic E-state index is -0.0188. The van der Waals surface area contributed by atoms with Crippen molar-refractivity contribution in [3.63, 3.8) is 0 Å². The van der Waals surface area contributed by atoms with Crippen LogP contribution in [0.15, 0.2) is 12.4 Å². The zero-order valence-corrected chi connectivity index (χ0v) is 12.0. The predicted molar refractivity (Wildman–Crippen MR) is 75.7 cm³/mol. The Bertz CT molecular complexity index is 468. The minimum Gasteiger partial charge on any atom is -0.347 e. The standard InChI is InChI=1S/C16H23N3O/c1-9(15-17-2-3-18-15)19-16(20)14-12-5-10-4-11(7-12)8-13(14)6-10/h2-3,9-14H,4-8H2,1H3,(H,17,18)(H,19,20). The summed E-state index contributed by atoms with van der Waals surface area (Å²) in [6, 6.07) is -0.0188. The van der Waals surface area contributed by atoms with Crippen LogP contribution >= 0.6 is 0 Å². The number of rotatable bonds is 3. The number of aromatic nitrogens is 2. The van der Waals surface area contributed by atoms with Crippen LogP contribution < -0.4 is 5.32 Å². The SMILES string of the molecule is CC(NC(=O)C1C2CC3CC(C2)CC1C3)c1ncc[nH]1. The molecular formula is C16H23N3O. The first-order valence-corrected chi connectivity index (χ1v) is 8.00. The largest absolute Gasteiger partial charge is 0.347 e. The lowest BCUT2D eigenvalue weighted by Gasteiger charge is -2.53. The second-order valence-electron chi connectivity index (χ2n) is 7.16. The number of H-pyrrole nitrogens is 1. The molecule has 4 nitrogen and oxygen atoms in total. The number of nitrogens with one attached hydrogen (secondary N) is 2. The average Bonchev–Trinajstić information content (AvgIpc) is 2.91. The third-order valence-electron chi connectivity index (χ3n) is 5.82. The molecule has 1 amide bonds. The van der Waals surface area contributed by atoms with Gasteiger partial charge in [0.15, 0.2) is 0 Å². The molecule has 4 saturated carbocycles. The predicted octanol–water partition coefficient (Wildman–Crippen LogP) is 2.66. The van der Waals surface area contributed by atoms with Gasteiger partial charge in [0, 0.05) is 18.3 Å². The average molecular weight is 273 g/mol. The zero-order chi connectivity index (χ0) is 13.7. The van der Waals surface area contributed by atoms with Crippen LogP contribution in [0, 0.1) is 29.6 Å². The van der Waals surface area contributed by atoms with E-state index in [1.54, 1.807) is 12.4 Å². The summed E-state index contributed by atoms with van der Waals surface area (Å²) in [6.07, 6.45) is 10.1. The molecule has 20 heavy (non-hydrogen) atoms. The monoisotopic (exact) mass is 273 g/mol. The first-order valence-electron chi connectivity index (χ1n) is 8.00. The molecule has 0 saturated heterocycles. The van der Waals surface area contributed by atoms with E-state index in [0.29, 0.717) is 11.8 Å². The van der Waals surface area contributed by atoms with Gasteiger partial charge in [0.05, 0.1) is 6.04 Å². The number of hydrogen-bond donors (Lipinski definition) is 2. The Morgan fingerprint density at radius 3 is 2.45 bits per heavy atom. The molecule has 4 bridgehead atoms. The summed E-state index contributed by atoms with van der Waals surface area (Å²) in [4.78, 5) is 20.0. The summed E-state index contributed by atoms with van der Waals surface area (Å²) in [5.41, 5.74) is 0. The van der Waals surface area contributed by atoms with E-state index in [1.807, 2.05) is 6.92 Å². The summed E-state index contributed by atoms with van der Waals surface area (Å²) in [5.74, 6) is 4.52. The molecule has 2 N–H and O–H groups in total. The smallest absolute Gasteiger partial charge is 0.224 e. The fourth-order valence-electron chi connectivity index (χ4n) is 5.25. The maximum absolute atomic E-state index is 12.7. The lowest BCUT2D eigenvalue weighted by molar-refractivity contribution is -0.138. The van der Waals surface area contributed by atoms with E-state index in [2.05, 4.69) is 15.3 Å². The summed E-state index contributed by atoms with van der Waals surface area (Å²) >= 11 is 0. The number of amides is 1. The topological polar surface area (TPSA) is 57.8 Å². The van der Waals surface area contributed by atoms with Gasteiger partial charge in [-0.15, -0.1) is 0 Å². The Morgan fingerprint density at radius 2 is 1.90 bits per heavy atom. The number of nitrogens with zero attached hydrogens (tertiary/aromatic N) is 1. The minimum absolute atomic E-state index is 0.0188. The van der Waals surface area contributed by atoms with Gasteiger partial charge in [-0.1, -0.05) is 0 Å². The molecular weight excluding hydrogens is 250 g/mol. The molecule has 1 heterocycles. The lowest BCUT2D eigenvalue weighted by Crippen LogP contribution is -2.51. The van der Waals surface area contributed by atoms with Crippen LogP contribution in [-0.4, -0.2) is 15.9 Å². The molecule has 1 aromatic rings. The van der Waals surface area contributed by atoms with E-state index < -0.39 is 0 Å². The van der Waals surface area contributed by atoms with Crippen LogP contribution in [-0.2, 0) is 4.79 Å². The van der Waals surface area contributed by atoms with Crippen molar-refractivity contribution >= 4 is 5.91 Å². The first-order chi connectivity index (χ1) is 9.70. The van der Waals surface area contributed by atoms with Crippen LogP contribution in [0.4, 0.5) is 0 Å². The van der Waals surface area contributed by atoms with Crippen LogP contribution in [0.1, 0.15) is 50.9 Å². The van der Waals surface area contributed by atoms with Crippen molar-refractivity contribution in [2.45, 2.75) is 45.1 Å². The quantitative estimate of drug-likeness (QED) is 0.889. The van der Waals surface area contributed by atoms with Crippen LogP contribution in [0.5, 0.6) is 0 Å². The third kappa shape index (κ3) is 1.97. The molecule has 0 spiro atoms. The van der Waals surface area contributed by atoms with Crippen molar-refractivity contribution in [3.05, 3.63) is 18.2 Å². The maximum atomic E-state index is 12.7. The highest BCUT2D eigenvalue weighted by atomic mass is 16.2. The van der Waals surface area contributed by atoms with Gasteiger partial charge >= 0.3 is 0 Å². The molecule has 1 atom stereocenters. The highest BCUT2D eigenvalue weighted by molar-refractivity contribution is 5.80. The number of carbonyl (C=O) groups is 1. The normalized spacial score (nSPS) is 39.8. The molecule has 0 aliphatic heterocycles. The van der Waals surface area contributed by atoms with Crippen molar-refractivity contribution < 1.29 is 4.79 Å². The van der Waals surface area contributed by atoms with Crippen LogP contribution in [0.2, 0.25) is 0 Å². The number of imidazole rings is 1. The van der Waals surface area contributed by atoms with E-state index in [1.165, 1.54) is 32.1 Å². The summed E-state index contributed by atoms with van der Waals surface area (Å²) in [6.45, 7) is 2.01. The molecule has 4 aliphatic carbocycles. The Hall–Kier alpha value is -1.32. The second-order valence-corrected chi connectivity index (χ2v) is 7.16. The van der Waals surface area contributed by atoms with Gasteiger partial charge in [-0.25, -0.2) is 4.98 Å². The Labute approximate surface area is 119 Å². The third-order valence-corrected chi connectivity index (χ3v) is 5.82. The van der Waals surface area contributed by atoms with Crippen molar-refractivity contribution in [2.24, 2.45) is 29.6 Å². The van der Waals surface area contributed by atoms with Gasteiger partial charge < -0.3 is 10.3 Å². The maximum Gasteiger partial charge on any atom is 0.224 e. The summed E-state index contributed by atoms with van der Waals surface area (Å²) < 4.78 is 0. The number of hydrogen-bond acceptors (Lipinski definition) is 2. The highest BCUT2D eigenvalue weighted by Crippen LogP contribution is 2.56. The fourth-order valence-corrected chi connectivity index (χ4v) is 5.25. The van der Waals surface area contributed by atoms with E-state index in [0.717, 1.165) is 17.7 Å². The number of aromatic amines is 1. The molecule has 4 fully saturated rings. The summed E-state index contributed by atoms with van der Waals surface area (Å²) in [7, 11) is 0. The van der Waals surface area contributed by atoms with Gasteiger partial charge in [0.2, 0.25) is 5.91 Å². The fraction of sp³-hybridized carbons (Fsp3) is 0.750. The number of carbonyl (C=O) groups excluding carboxylic acids is 1. The van der Waals surface area contributed by atoms with Crippen molar-refractivity contribution in [1.82, 2.24) is 15.3 Å². The molecule has 5 rings (SSSR count). The Balaban J connectivity index is 1.46. The van der Waals surface area contributed by atoms with Gasteiger partial charge in [-0.3, -0.25) is 4.79 Å². The molecule has 4 heteroatoms. The first kappa shape index (κ1) is 12.4. The van der Waals surface area contributed by atoms with Gasteiger partial charge in [0.25, 0.3) is 0 Å². The van der Waals surface area contributed by atoms with E-state index in [9.17, 15) is 4.79 Å². The molecule has 108 valence electrons. The Morgan fingerprint density at radius 1 is 1.25 bits per heavy atom. The van der Waals surface area contributed by atoms with Crippen LogP contribution in [0.3, 0.4) is 0 Å². The molecule has 4 aliphatic rings. The second kappa shape index (κ2) is 4.61. The van der Waals surface area contributed by atoms with Gasteiger partial charge in [0.1, 0.15) is 5.82 Å². The molecule has 0 radical (unpaired) electrons. The molecule has 0 aromatic carbocycles. The van der Waals surface area contributed by atoms with Crippen LogP contribution in [0.25, 0.3) is 0 Å². The van der Waals surface area contributed by atoms with Crippen molar-refractivity contribution in [2.75, 3.05) is 0 Å². The lowest BCUT2D eigenvalue weighted by atomic mass is 9.51. The van der Waals surface area contributed by atoms with E-state index in [-0.39, 0.29) is 17.9 Å². The Kier molecular flexibility index (Phi) is 2.86. The van der Waals surface area contributed by atoms with Crippen molar-refractivity contribution in [1.29, 1.82) is 0 Å². The zero-order valence-electron chi connectivity index (χ0n) is 12.0. The molecule has 1 aromatic heterocycles. The molecule has 1 unspecified atom stereocenters. The van der Waals surface area contributed by atoms with E-state index >= 15 is 0 Å². The van der Waals surface area contributed by atoms with Crippen molar-refractivity contribution in [3.8, 4) is 0 Å². The van der Waals surface area contributed by atoms with Gasteiger partial charge in [-0.05, 0) is 62.7 Å².